The molecule has 0 aromatic heterocycles. The molecule has 0 bridgehead atoms. The van der Waals surface area contributed by atoms with Crippen LogP contribution in [0.4, 0.5) is 4.79 Å². The van der Waals surface area contributed by atoms with Gasteiger partial charge in [0.15, 0.2) is 0 Å². The monoisotopic (exact) mass is 271 g/mol. The molecule has 2 N–H and O–H groups in total. The van der Waals surface area contributed by atoms with Crippen molar-refractivity contribution in [1.29, 1.82) is 0 Å². The van der Waals surface area contributed by atoms with Crippen LogP contribution in [0, 0.1) is 0 Å². The molecule has 1 aliphatic rings. The second-order valence-electron chi connectivity index (χ2n) is 4.98. The lowest BCUT2D eigenvalue weighted by molar-refractivity contribution is -0.147. The molecule has 1 saturated heterocycles. The summed E-state index contributed by atoms with van der Waals surface area (Å²) in [5.41, 5.74) is -1.27. The Morgan fingerprint density at radius 3 is 2.58 bits per heavy atom. The van der Waals surface area contributed by atoms with Crippen LogP contribution in [-0.2, 0) is 9.59 Å². The highest BCUT2D eigenvalue weighted by Gasteiger charge is 2.38. The van der Waals surface area contributed by atoms with Gasteiger partial charge in [-0.3, -0.25) is 4.79 Å². The second kappa shape index (κ2) is 5.90. The zero-order chi connectivity index (χ0) is 14.6. The van der Waals surface area contributed by atoms with Crippen LogP contribution < -0.4 is 5.32 Å². The van der Waals surface area contributed by atoms with Gasteiger partial charge in [0.25, 0.3) is 0 Å². The van der Waals surface area contributed by atoms with E-state index in [0.29, 0.717) is 26.2 Å². The molecule has 0 unspecified atom stereocenters. The number of aliphatic carboxylic acids is 1. The zero-order valence-electron chi connectivity index (χ0n) is 11.6. The predicted molar refractivity (Wildman–Crippen MR) is 68.7 cm³/mol. The third-order valence-electron chi connectivity index (χ3n) is 3.33. The van der Waals surface area contributed by atoms with E-state index in [1.54, 1.807) is 6.92 Å². The Hall–Kier alpha value is -1.79. The van der Waals surface area contributed by atoms with E-state index in [9.17, 15) is 19.5 Å². The number of carboxylic acids is 1. The molecule has 0 aromatic carbocycles. The second-order valence-corrected chi connectivity index (χ2v) is 4.98. The summed E-state index contributed by atoms with van der Waals surface area (Å²) in [6.07, 6.45) is 0.247. The lowest BCUT2D eigenvalue weighted by atomic mass is 10.0. The topological polar surface area (TPSA) is 90.0 Å². The number of carbonyl (C=O) groups is 3. The third-order valence-corrected chi connectivity index (χ3v) is 3.33. The Labute approximate surface area is 112 Å². The molecule has 1 heterocycles. The van der Waals surface area contributed by atoms with E-state index in [0.717, 1.165) is 0 Å². The van der Waals surface area contributed by atoms with Crippen LogP contribution in [0.3, 0.4) is 0 Å². The summed E-state index contributed by atoms with van der Waals surface area (Å²) in [4.78, 5) is 37.7. The maximum atomic E-state index is 12.4. The van der Waals surface area contributed by atoms with Crippen LogP contribution in [-0.4, -0.2) is 64.5 Å². The molecule has 0 radical (unpaired) electrons. The molecule has 0 spiro atoms. The van der Waals surface area contributed by atoms with Crippen LogP contribution in [0.25, 0.3) is 0 Å². The fourth-order valence-corrected chi connectivity index (χ4v) is 2.01. The third kappa shape index (κ3) is 3.36. The summed E-state index contributed by atoms with van der Waals surface area (Å²) < 4.78 is 0. The Morgan fingerprint density at radius 2 is 2.05 bits per heavy atom. The molecule has 108 valence electrons. The highest BCUT2D eigenvalue weighted by Crippen LogP contribution is 2.17. The number of urea groups is 1. The average molecular weight is 271 g/mol. The maximum Gasteiger partial charge on any atom is 0.329 e. The number of carboxylic acid groups (broad SMARTS) is 1. The van der Waals surface area contributed by atoms with E-state index in [-0.39, 0.29) is 18.4 Å². The molecule has 1 rings (SSSR count). The van der Waals surface area contributed by atoms with Crippen LogP contribution in [0.15, 0.2) is 0 Å². The van der Waals surface area contributed by atoms with Gasteiger partial charge in [-0.25, -0.2) is 9.59 Å². The van der Waals surface area contributed by atoms with Gasteiger partial charge >= 0.3 is 12.0 Å². The van der Waals surface area contributed by atoms with Gasteiger partial charge in [0.2, 0.25) is 5.91 Å². The van der Waals surface area contributed by atoms with E-state index >= 15 is 0 Å². The lowest BCUT2D eigenvalue weighted by Gasteiger charge is -2.37. The van der Waals surface area contributed by atoms with Crippen molar-refractivity contribution >= 4 is 17.9 Å². The highest BCUT2D eigenvalue weighted by molar-refractivity contribution is 5.86. The molecule has 19 heavy (non-hydrogen) atoms. The van der Waals surface area contributed by atoms with Crippen LogP contribution in [0.1, 0.15) is 27.2 Å². The molecule has 0 atom stereocenters. The standard InChI is InChI=1S/C12H21N3O4/c1-4-15(12(2,3)10(17)18)11(19)14-7-5-9(16)13-6-8-14/h4-8H2,1-3H3,(H,13,16)(H,17,18). The normalized spacial score (nSPS) is 16.6. The van der Waals surface area contributed by atoms with Crippen molar-refractivity contribution in [3.05, 3.63) is 0 Å². The van der Waals surface area contributed by atoms with Crippen molar-refractivity contribution in [2.45, 2.75) is 32.7 Å². The molecule has 7 nitrogen and oxygen atoms in total. The summed E-state index contributed by atoms with van der Waals surface area (Å²) in [6, 6.07) is -0.341. The van der Waals surface area contributed by atoms with Crippen molar-refractivity contribution in [2.24, 2.45) is 0 Å². The quantitative estimate of drug-likeness (QED) is 0.762. The first kappa shape index (κ1) is 15.3. The fraction of sp³-hybridized carbons (Fsp3) is 0.750. The Balaban J connectivity index is 2.84. The highest BCUT2D eigenvalue weighted by atomic mass is 16.4. The number of hydrogen-bond donors (Lipinski definition) is 2. The summed E-state index contributed by atoms with van der Waals surface area (Å²) >= 11 is 0. The van der Waals surface area contributed by atoms with E-state index in [2.05, 4.69) is 5.32 Å². The number of carbonyl (C=O) groups excluding carboxylic acids is 2. The first-order chi connectivity index (χ1) is 8.80. The van der Waals surface area contributed by atoms with Crippen molar-refractivity contribution in [2.75, 3.05) is 26.2 Å². The smallest absolute Gasteiger partial charge is 0.329 e. The van der Waals surface area contributed by atoms with Gasteiger partial charge in [-0.05, 0) is 20.8 Å². The van der Waals surface area contributed by atoms with Gasteiger partial charge in [0, 0.05) is 32.6 Å². The molecule has 0 aliphatic carbocycles. The number of nitrogens with zero attached hydrogens (tertiary/aromatic N) is 2. The van der Waals surface area contributed by atoms with Gasteiger partial charge < -0.3 is 20.2 Å². The molecule has 0 aromatic rings. The molecule has 3 amide bonds. The number of likely N-dealkylation sites (N-methyl/N-ethyl adjacent to an activating group) is 1. The van der Waals surface area contributed by atoms with Gasteiger partial charge in [0.1, 0.15) is 5.54 Å². The van der Waals surface area contributed by atoms with Crippen molar-refractivity contribution in [1.82, 2.24) is 15.1 Å². The molecule has 7 heteroatoms. The Bertz CT molecular complexity index is 381. The molecule has 1 fully saturated rings. The summed E-state index contributed by atoms with van der Waals surface area (Å²) in [6.45, 7) is 6.15. The Kier molecular flexibility index (Phi) is 4.74. The van der Waals surface area contributed by atoms with E-state index in [1.807, 2.05) is 0 Å². The number of hydrogen-bond acceptors (Lipinski definition) is 3. The SMILES string of the molecule is CCN(C(=O)N1CCNC(=O)CC1)C(C)(C)C(=O)O. The first-order valence-electron chi connectivity index (χ1n) is 6.37. The van der Waals surface area contributed by atoms with Crippen LogP contribution in [0.2, 0.25) is 0 Å². The average Bonchev–Trinajstić information content (AvgIpc) is 2.54. The largest absolute Gasteiger partial charge is 0.480 e. The van der Waals surface area contributed by atoms with E-state index in [4.69, 9.17) is 0 Å². The summed E-state index contributed by atoms with van der Waals surface area (Å²) in [5, 5.41) is 11.9. The minimum Gasteiger partial charge on any atom is -0.480 e. The van der Waals surface area contributed by atoms with E-state index in [1.165, 1.54) is 23.6 Å². The molecule has 1 aliphatic heterocycles. The van der Waals surface area contributed by atoms with Crippen LogP contribution in [0.5, 0.6) is 0 Å². The van der Waals surface area contributed by atoms with Gasteiger partial charge in [-0.1, -0.05) is 0 Å². The molecular formula is C12H21N3O4. The maximum absolute atomic E-state index is 12.4. The number of rotatable bonds is 3. The van der Waals surface area contributed by atoms with Crippen molar-refractivity contribution < 1.29 is 19.5 Å². The van der Waals surface area contributed by atoms with Gasteiger partial charge in [-0.15, -0.1) is 0 Å². The van der Waals surface area contributed by atoms with Crippen molar-refractivity contribution in [3.63, 3.8) is 0 Å². The molecule has 0 saturated carbocycles. The fourth-order valence-electron chi connectivity index (χ4n) is 2.01. The number of amides is 3. The van der Waals surface area contributed by atoms with Gasteiger partial charge in [-0.2, -0.15) is 0 Å². The minimum atomic E-state index is -1.27. The van der Waals surface area contributed by atoms with Crippen molar-refractivity contribution in [3.8, 4) is 0 Å². The molecular weight excluding hydrogens is 250 g/mol. The summed E-state index contributed by atoms with van der Waals surface area (Å²) in [5.74, 6) is -1.14. The lowest BCUT2D eigenvalue weighted by Crippen LogP contribution is -2.57. The van der Waals surface area contributed by atoms with Gasteiger partial charge in [0.05, 0.1) is 0 Å². The van der Waals surface area contributed by atoms with E-state index < -0.39 is 11.5 Å². The number of nitrogens with one attached hydrogen (secondary N) is 1. The summed E-state index contributed by atoms with van der Waals surface area (Å²) in [7, 11) is 0. The zero-order valence-corrected chi connectivity index (χ0v) is 11.6. The van der Waals surface area contributed by atoms with Crippen LogP contribution >= 0.6 is 0 Å². The predicted octanol–water partition coefficient (Wildman–Crippen LogP) is 0.113. The minimum absolute atomic E-state index is 0.0872. The first-order valence-corrected chi connectivity index (χ1v) is 6.37. The Morgan fingerprint density at radius 1 is 1.42 bits per heavy atom.